The van der Waals surface area contributed by atoms with E-state index in [2.05, 4.69) is 12.2 Å². The third kappa shape index (κ3) is 4.44. The van der Waals surface area contributed by atoms with Crippen molar-refractivity contribution in [1.29, 1.82) is 0 Å². The highest BCUT2D eigenvalue weighted by atomic mass is 16.5. The van der Waals surface area contributed by atoms with Crippen LogP contribution >= 0.6 is 0 Å². The smallest absolute Gasteiger partial charge is 0.219 e. The van der Waals surface area contributed by atoms with Gasteiger partial charge in [-0.05, 0) is 30.7 Å². The van der Waals surface area contributed by atoms with Gasteiger partial charge in [0.25, 0.3) is 0 Å². The van der Waals surface area contributed by atoms with Crippen LogP contribution in [-0.4, -0.2) is 26.7 Å². The Hall–Kier alpha value is -1.75. The van der Waals surface area contributed by atoms with Gasteiger partial charge in [-0.1, -0.05) is 13.0 Å². The van der Waals surface area contributed by atoms with E-state index < -0.39 is 0 Å². The molecule has 1 unspecified atom stereocenters. The zero-order valence-corrected chi connectivity index (χ0v) is 11.7. The Labute approximate surface area is 114 Å². The van der Waals surface area contributed by atoms with Crippen LogP contribution in [0.4, 0.5) is 0 Å². The van der Waals surface area contributed by atoms with Crippen molar-refractivity contribution >= 4 is 5.91 Å². The molecule has 0 aliphatic rings. The highest BCUT2D eigenvalue weighted by Crippen LogP contribution is 2.30. The van der Waals surface area contributed by atoms with Gasteiger partial charge in [0.15, 0.2) is 11.5 Å². The molecule has 1 aromatic rings. The van der Waals surface area contributed by atoms with E-state index in [-0.39, 0.29) is 18.4 Å². The van der Waals surface area contributed by atoms with Gasteiger partial charge in [-0.15, -0.1) is 0 Å². The fourth-order valence-electron chi connectivity index (χ4n) is 1.90. The van der Waals surface area contributed by atoms with E-state index in [0.717, 1.165) is 18.5 Å². The summed E-state index contributed by atoms with van der Waals surface area (Å²) < 4.78 is 10.5. The van der Waals surface area contributed by atoms with E-state index >= 15 is 0 Å². The van der Waals surface area contributed by atoms with Crippen molar-refractivity contribution in [2.75, 3.05) is 20.8 Å². The molecule has 5 nitrogen and oxygen atoms in total. The summed E-state index contributed by atoms with van der Waals surface area (Å²) in [5, 5.41) is 3.31. The fraction of sp³-hybridized carbons (Fsp3) is 0.500. The molecule has 0 saturated carbocycles. The predicted octanol–water partition coefficient (Wildman–Crippen LogP) is 1.62. The number of rotatable bonds is 8. The average Bonchev–Trinajstić information content (AvgIpc) is 2.42. The maximum absolute atomic E-state index is 11.2. The zero-order chi connectivity index (χ0) is 14.3. The van der Waals surface area contributed by atoms with Crippen molar-refractivity contribution in [2.24, 2.45) is 5.73 Å². The third-order valence-corrected chi connectivity index (χ3v) is 2.86. The molecule has 0 spiro atoms. The molecule has 1 amide bonds. The van der Waals surface area contributed by atoms with Gasteiger partial charge in [0.1, 0.15) is 0 Å². The van der Waals surface area contributed by atoms with Crippen molar-refractivity contribution in [1.82, 2.24) is 5.32 Å². The molecule has 1 aromatic carbocycles. The zero-order valence-electron chi connectivity index (χ0n) is 11.7. The molecule has 3 N–H and O–H groups in total. The van der Waals surface area contributed by atoms with Crippen molar-refractivity contribution in [3.63, 3.8) is 0 Å². The Morgan fingerprint density at radius 1 is 1.32 bits per heavy atom. The van der Waals surface area contributed by atoms with Crippen LogP contribution in [0.2, 0.25) is 0 Å². The summed E-state index contributed by atoms with van der Waals surface area (Å²) in [5.41, 5.74) is 6.26. The van der Waals surface area contributed by atoms with Gasteiger partial charge in [0, 0.05) is 12.5 Å². The third-order valence-electron chi connectivity index (χ3n) is 2.86. The molecule has 1 rings (SSSR count). The number of nitrogens with one attached hydrogen (secondary N) is 1. The molecule has 0 saturated heterocycles. The monoisotopic (exact) mass is 266 g/mol. The number of hydrogen-bond donors (Lipinski definition) is 2. The van der Waals surface area contributed by atoms with Crippen molar-refractivity contribution in [3.8, 4) is 11.5 Å². The van der Waals surface area contributed by atoms with E-state index in [0.29, 0.717) is 11.5 Å². The second kappa shape index (κ2) is 7.63. The number of methoxy groups -OCH3 is 2. The second-order valence-corrected chi connectivity index (χ2v) is 4.29. The quantitative estimate of drug-likeness (QED) is 0.750. The van der Waals surface area contributed by atoms with E-state index in [1.54, 1.807) is 14.2 Å². The Kier molecular flexibility index (Phi) is 6.15. The highest BCUT2D eigenvalue weighted by Gasteiger charge is 2.15. The van der Waals surface area contributed by atoms with Crippen LogP contribution in [0.25, 0.3) is 0 Å². The van der Waals surface area contributed by atoms with Gasteiger partial charge < -0.3 is 20.5 Å². The number of carbonyl (C=O) groups is 1. The molecular formula is C14H22N2O3. The second-order valence-electron chi connectivity index (χ2n) is 4.29. The topological polar surface area (TPSA) is 73.6 Å². The van der Waals surface area contributed by atoms with E-state index in [4.69, 9.17) is 15.2 Å². The largest absolute Gasteiger partial charge is 0.493 e. The fourth-order valence-corrected chi connectivity index (χ4v) is 1.90. The minimum atomic E-state index is -0.330. The molecule has 106 valence electrons. The van der Waals surface area contributed by atoms with Crippen LogP contribution in [0, 0.1) is 0 Å². The van der Waals surface area contributed by atoms with Crippen molar-refractivity contribution < 1.29 is 14.3 Å². The summed E-state index contributed by atoms with van der Waals surface area (Å²) in [4.78, 5) is 11.2. The highest BCUT2D eigenvalue weighted by molar-refractivity contribution is 5.74. The summed E-state index contributed by atoms with van der Waals surface area (Å²) in [6, 6.07) is 5.51. The first-order chi connectivity index (χ1) is 9.12. The number of hydrogen-bond acceptors (Lipinski definition) is 4. The standard InChI is InChI=1S/C14H22N2O3/c1-4-7-16-11(9-14(15)17)10-5-6-12(18-2)13(8-10)19-3/h5-6,8,11,16H,4,7,9H2,1-3H3,(H2,15,17). The van der Waals surface area contributed by atoms with Gasteiger partial charge in [-0.2, -0.15) is 0 Å². The number of nitrogens with two attached hydrogens (primary N) is 1. The molecule has 0 fully saturated rings. The lowest BCUT2D eigenvalue weighted by Gasteiger charge is -2.19. The molecule has 0 bridgehead atoms. The number of carbonyl (C=O) groups excluding carboxylic acids is 1. The lowest BCUT2D eigenvalue weighted by Crippen LogP contribution is -2.27. The molecular weight excluding hydrogens is 244 g/mol. The first-order valence-electron chi connectivity index (χ1n) is 6.36. The minimum Gasteiger partial charge on any atom is -0.493 e. The van der Waals surface area contributed by atoms with Gasteiger partial charge in [-0.25, -0.2) is 0 Å². The summed E-state index contributed by atoms with van der Waals surface area (Å²) in [6.45, 7) is 2.90. The summed E-state index contributed by atoms with van der Waals surface area (Å²) >= 11 is 0. The van der Waals surface area contributed by atoms with Crippen LogP contribution in [0.1, 0.15) is 31.4 Å². The summed E-state index contributed by atoms with van der Waals surface area (Å²) in [7, 11) is 3.18. The van der Waals surface area contributed by atoms with Gasteiger partial charge in [0.05, 0.1) is 14.2 Å². The maximum atomic E-state index is 11.2. The number of primary amides is 1. The SMILES string of the molecule is CCCNC(CC(N)=O)c1ccc(OC)c(OC)c1. The first kappa shape index (κ1) is 15.3. The Morgan fingerprint density at radius 3 is 2.53 bits per heavy atom. The molecule has 1 atom stereocenters. The molecule has 0 aromatic heterocycles. The molecule has 0 heterocycles. The molecule has 0 radical (unpaired) electrons. The Bertz CT molecular complexity index is 421. The average molecular weight is 266 g/mol. The molecule has 5 heteroatoms. The summed E-state index contributed by atoms with van der Waals surface area (Å²) in [5.74, 6) is 0.982. The number of benzene rings is 1. The lowest BCUT2D eigenvalue weighted by atomic mass is 10.0. The van der Waals surface area contributed by atoms with Crippen molar-refractivity contribution in [2.45, 2.75) is 25.8 Å². The minimum absolute atomic E-state index is 0.0998. The first-order valence-corrected chi connectivity index (χ1v) is 6.36. The van der Waals surface area contributed by atoms with Crippen LogP contribution < -0.4 is 20.5 Å². The molecule has 0 aliphatic carbocycles. The Balaban J connectivity index is 2.97. The van der Waals surface area contributed by atoms with Crippen LogP contribution in [-0.2, 0) is 4.79 Å². The van der Waals surface area contributed by atoms with Gasteiger partial charge in [0.2, 0.25) is 5.91 Å². The van der Waals surface area contributed by atoms with E-state index in [1.807, 2.05) is 18.2 Å². The van der Waals surface area contributed by atoms with E-state index in [9.17, 15) is 4.79 Å². The predicted molar refractivity (Wildman–Crippen MR) is 74.4 cm³/mol. The van der Waals surface area contributed by atoms with Gasteiger partial charge in [-0.3, -0.25) is 4.79 Å². The van der Waals surface area contributed by atoms with Crippen LogP contribution in [0.15, 0.2) is 18.2 Å². The van der Waals surface area contributed by atoms with Gasteiger partial charge >= 0.3 is 0 Å². The van der Waals surface area contributed by atoms with Crippen LogP contribution in [0.3, 0.4) is 0 Å². The summed E-state index contributed by atoms with van der Waals surface area (Å²) in [6.07, 6.45) is 1.25. The maximum Gasteiger partial charge on any atom is 0.219 e. The number of ether oxygens (including phenoxy) is 2. The van der Waals surface area contributed by atoms with Crippen molar-refractivity contribution in [3.05, 3.63) is 23.8 Å². The molecule has 19 heavy (non-hydrogen) atoms. The Morgan fingerprint density at radius 2 is 2.00 bits per heavy atom. The number of amides is 1. The normalized spacial score (nSPS) is 11.9. The van der Waals surface area contributed by atoms with Crippen LogP contribution in [0.5, 0.6) is 11.5 Å². The lowest BCUT2D eigenvalue weighted by molar-refractivity contribution is -0.118. The molecule has 0 aliphatic heterocycles. The van der Waals surface area contributed by atoms with E-state index in [1.165, 1.54) is 0 Å².